The minimum atomic E-state index is 0.126. The van der Waals surface area contributed by atoms with E-state index in [1.54, 1.807) is 11.2 Å². The largest absolute Gasteiger partial charge is 0.338 e. The molecular weight excluding hydrogens is 294 g/mol. The number of halogens is 1. The second-order valence-corrected chi connectivity index (χ2v) is 5.34. The zero-order chi connectivity index (χ0) is 12.7. The molecule has 4 nitrogen and oxygen atoms in total. The van der Waals surface area contributed by atoms with E-state index in [2.05, 4.69) is 20.9 Å². The number of carbonyl (C=O) groups excluding carboxylic acids is 1. The first-order chi connectivity index (χ1) is 8.65. The Labute approximate surface area is 113 Å². The maximum Gasteiger partial charge on any atom is 0.242 e. The number of hydrogen-bond acceptors (Lipinski definition) is 2. The number of rotatable bonds is 1. The van der Waals surface area contributed by atoms with Crippen LogP contribution in [0, 0.1) is 0 Å². The zero-order valence-corrected chi connectivity index (χ0v) is 11.5. The number of likely N-dealkylation sites (N-methyl/N-ethyl adjacent to an activating group) is 1. The molecule has 2 aromatic rings. The standard InChI is InChI=1S/C13H12BrN3O/c1-16-6-11-13(9-3-2-4-10(14)5-9)15-8-17(11)7-12(16)18/h2-5,8H,6-7H2,1H3. The normalized spacial score (nSPS) is 14.8. The van der Waals surface area contributed by atoms with Crippen LogP contribution >= 0.6 is 15.9 Å². The quantitative estimate of drug-likeness (QED) is 0.811. The van der Waals surface area contributed by atoms with Crippen molar-refractivity contribution in [2.24, 2.45) is 0 Å². The molecule has 5 heteroatoms. The molecule has 0 unspecified atom stereocenters. The van der Waals surface area contributed by atoms with E-state index in [1.165, 1.54) is 0 Å². The number of aromatic nitrogens is 2. The summed E-state index contributed by atoms with van der Waals surface area (Å²) < 4.78 is 2.96. The highest BCUT2D eigenvalue weighted by Crippen LogP contribution is 2.27. The van der Waals surface area contributed by atoms with Crippen molar-refractivity contribution in [3.63, 3.8) is 0 Å². The van der Waals surface area contributed by atoms with E-state index in [9.17, 15) is 4.79 Å². The number of imidazole rings is 1. The van der Waals surface area contributed by atoms with Crippen molar-refractivity contribution in [2.45, 2.75) is 13.1 Å². The van der Waals surface area contributed by atoms with Gasteiger partial charge in [0.05, 0.1) is 24.3 Å². The molecule has 3 rings (SSSR count). The van der Waals surface area contributed by atoms with E-state index in [1.807, 2.05) is 35.9 Å². The summed E-state index contributed by atoms with van der Waals surface area (Å²) >= 11 is 3.47. The van der Waals surface area contributed by atoms with E-state index in [0.717, 1.165) is 21.4 Å². The van der Waals surface area contributed by atoms with E-state index in [0.29, 0.717) is 13.1 Å². The molecule has 2 heterocycles. The Morgan fingerprint density at radius 3 is 2.94 bits per heavy atom. The van der Waals surface area contributed by atoms with Crippen molar-refractivity contribution >= 4 is 21.8 Å². The lowest BCUT2D eigenvalue weighted by Crippen LogP contribution is -2.35. The Morgan fingerprint density at radius 1 is 1.33 bits per heavy atom. The lowest BCUT2D eigenvalue weighted by Gasteiger charge is -2.24. The summed E-state index contributed by atoms with van der Waals surface area (Å²) in [5, 5.41) is 0. The zero-order valence-electron chi connectivity index (χ0n) is 9.93. The number of hydrogen-bond donors (Lipinski definition) is 0. The van der Waals surface area contributed by atoms with Crippen LogP contribution in [-0.2, 0) is 17.9 Å². The van der Waals surface area contributed by atoms with Crippen LogP contribution in [0.1, 0.15) is 5.69 Å². The average molecular weight is 306 g/mol. The highest BCUT2D eigenvalue weighted by Gasteiger charge is 2.23. The minimum absolute atomic E-state index is 0.126. The third-order valence-electron chi connectivity index (χ3n) is 3.16. The molecule has 0 N–H and O–H groups in total. The van der Waals surface area contributed by atoms with Gasteiger partial charge >= 0.3 is 0 Å². The van der Waals surface area contributed by atoms with Gasteiger partial charge in [0.1, 0.15) is 6.54 Å². The molecule has 0 spiro atoms. The highest BCUT2D eigenvalue weighted by atomic mass is 79.9. The third kappa shape index (κ3) is 1.84. The van der Waals surface area contributed by atoms with E-state index >= 15 is 0 Å². The van der Waals surface area contributed by atoms with Crippen molar-refractivity contribution in [2.75, 3.05) is 7.05 Å². The van der Waals surface area contributed by atoms with Gasteiger partial charge in [-0.05, 0) is 12.1 Å². The molecule has 0 aliphatic carbocycles. The summed E-state index contributed by atoms with van der Waals surface area (Å²) in [6.07, 6.45) is 1.75. The first kappa shape index (κ1) is 11.5. The van der Waals surface area contributed by atoms with Crippen LogP contribution in [0.5, 0.6) is 0 Å². The molecule has 1 aliphatic heterocycles. The van der Waals surface area contributed by atoms with Crippen molar-refractivity contribution in [3.8, 4) is 11.3 Å². The van der Waals surface area contributed by atoms with Gasteiger partial charge < -0.3 is 9.47 Å². The van der Waals surface area contributed by atoms with Crippen LogP contribution < -0.4 is 0 Å². The predicted molar refractivity (Wildman–Crippen MR) is 71.8 cm³/mol. The van der Waals surface area contributed by atoms with Crippen LogP contribution in [0.25, 0.3) is 11.3 Å². The number of carbonyl (C=O) groups is 1. The predicted octanol–water partition coefficient (Wildman–Crippen LogP) is 2.28. The van der Waals surface area contributed by atoms with Gasteiger partial charge in [-0.15, -0.1) is 0 Å². The van der Waals surface area contributed by atoms with Crippen LogP contribution in [-0.4, -0.2) is 27.4 Å². The molecule has 1 aromatic heterocycles. The van der Waals surface area contributed by atoms with Crippen LogP contribution in [0.15, 0.2) is 35.1 Å². The topological polar surface area (TPSA) is 38.1 Å². The highest BCUT2D eigenvalue weighted by molar-refractivity contribution is 9.10. The summed E-state index contributed by atoms with van der Waals surface area (Å²) in [5.41, 5.74) is 3.12. The summed E-state index contributed by atoms with van der Waals surface area (Å²) in [7, 11) is 1.82. The fourth-order valence-corrected chi connectivity index (χ4v) is 2.57. The molecule has 1 aliphatic rings. The molecule has 18 heavy (non-hydrogen) atoms. The summed E-state index contributed by atoms with van der Waals surface area (Å²) in [5.74, 6) is 0.126. The smallest absolute Gasteiger partial charge is 0.242 e. The van der Waals surface area contributed by atoms with Gasteiger partial charge in [0, 0.05) is 17.1 Å². The van der Waals surface area contributed by atoms with Gasteiger partial charge in [0.25, 0.3) is 0 Å². The molecule has 0 saturated carbocycles. The lowest BCUT2D eigenvalue weighted by molar-refractivity contribution is -0.132. The molecule has 0 radical (unpaired) electrons. The van der Waals surface area contributed by atoms with Crippen molar-refractivity contribution in [1.82, 2.24) is 14.5 Å². The second kappa shape index (κ2) is 4.24. The van der Waals surface area contributed by atoms with Gasteiger partial charge in [-0.3, -0.25) is 4.79 Å². The first-order valence-electron chi connectivity index (χ1n) is 5.69. The number of nitrogens with zero attached hydrogens (tertiary/aromatic N) is 3. The monoisotopic (exact) mass is 305 g/mol. The SMILES string of the molecule is CN1Cc2c(-c3cccc(Br)c3)ncn2CC1=O. The van der Waals surface area contributed by atoms with Crippen LogP contribution in [0.3, 0.4) is 0 Å². The molecule has 1 amide bonds. The van der Waals surface area contributed by atoms with Gasteiger partial charge in [0.2, 0.25) is 5.91 Å². The number of fused-ring (bicyclic) bond motifs is 1. The van der Waals surface area contributed by atoms with E-state index < -0.39 is 0 Å². The second-order valence-electron chi connectivity index (χ2n) is 4.43. The maximum absolute atomic E-state index is 11.6. The Hall–Kier alpha value is -1.62. The van der Waals surface area contributed by atoms with Gasteiger partial charge in [0.15, 0.2) is 0 Å². The Morgan fingerprint density at radius 2 is 2.17 bits per heavy atom. The van der Waals surface area contributed by atoms with Crippen LogP contribution in [0.4, 0.5) is 0 Å². The maximum atomic E-state index is 11.6. The van der Waals surface area contributed by atoms with Crippen molar-refractivity contribution < 1.29 is 4.79 Å². The summed E-state index contributed by atoms with van der Waals surface area (Å²) in [6, 6.07) is 8.05. The minimum Gasteiger partial charge on any atom is -0.338 e. The molecule has 0 bridgehead atoms. The fourth-order valence-electron chi connectivity index (χ4n) is 2.17. The van der Waals surface area contributed by atoms with Gasteiger partial charge in [-0.1, -0.05) is 28.1 Å². The molecule has 0 atom stereocenters. The van der Waals surface area contributed by atoms with Gasteiger partial charge in [-0.2, -0.15) is 0 Å². The number of benzene rings is 1. The Bertz CT molecular complexity index is 620. The Kier molecular flexibility index (Phi) is 2.70. The Balaban J connectivity index is 2.08. The molecule has 0 fully saturated rings. The van der Waals surface area contributed by atoms with Crippen molar-refractivity contribution in [1.29, 1.82) is 0 Å². The van der Waals surface area contributed by atoms with Crippen LogP contribution in [0.2, 0.25) is 0 Å². The first-order valence-corrected chi connectivity index (χ1v) is 6.48. The fraction of sp³-hybridized carbons (Fsp3) is 0.231. The third-order valence-corrected chi connectivity index (χ3v) is 3.66. The van der Waals surface area contributed by atoms with E-state index in [-0.39, 0.29) is 5.91 Å². The molecule has 0 saturated heterocycles. The van der Waals surface area contributed by atoms with Crippen molar-refractivity contribution in [3.05, 3.63) is 40.8 Å². The summed E-state index contributed by atoms with van der Waals surface area (Å²) in [4.78, 5) is 17.8. The number of amides is 1. The molecule has 92 valence electrons. The average Bonchev–Trinajstić information content (AvgIpc) is 2.73. The van der Waals surface area contributed by atoms with E-state index in [4.69, 9.17) is 0 Å². The summed E-state index contributed by atoms with van der Waals surface area (Å²) in [6.45, 7) is 0.994. The molecule has 1 aromatic carbocycles. The van der Waals surface area contributed by atoms with Gasteiger partial charge in [-0.25, -0.2) is 4.98 Å². The molecular formula is C13H12BrN3O. The lowest BCUT2D eigenvalue weighted by atomic mass is 10.1.